The van der Waals surface area contributed by atoms with Gasteiger partial charge in [0.25, 0.3) is 0 Å². The molecule has 29 heavy (non-hydrogen) atoms. The molecule has 2 heterocycles. The molecule has 1 saturated heterocycles. The number of nitrogens with zero attached hydrogens (tertiary/aromatic N) is 3. The fourth-order valence-corrected chi connectivity index (χ4v) is 3.23. The molecule has 3 rings (SSSR count). The first-order chi connectivity index (χ1) is 13.9. The van der Waals surface area contributed by atoms with E-state index in [9.17, 15) is 4.79 Å². The van der Waals surface area contributed by atoms with Gasteiger partial charge in [0, 0.05) is 19.9 Å². The molecule has 1 aromatic heterocycles. The predicted octanol–water partition coefficient (Wildman–Crippen LogP) is 3.37. The minimum absolute atomic E-state index is 0.0202. The Labute approximate surface area is 172 Å². The van der Waals surface area contributed by atoms with Gasteiger partial charge in [0.15, 0.2) is 5.75 Å². The van der Waals surface area contributed by atoms with Gasteiger partial charge in [-0.3, -0.25) is 4.79 Å². The van der Waals surface area contributed by atoms with Gasteiger partial charge in [-0.15, -0.1) is 0 Å². The lowest BCUT2D eigenvalue weighted by atomic mass is 10.1. The second-order valence-corrected chi connectivity index (χ2v) is 7.89. The Morgan fingerprint density at radius 3 is 2.48 bits per heavy atom. The Hall–Kier alpha value is -2.83. The summed E-state index contributed by atoms with van der Waals surface area (Å²) in [5, 5.41) is 2.88. The second kappa shape index (κ2) is 9.58. The molecular formula is C22H30N4O3. The van der Waals surface area contributed by atoms with Crippen LogP contribution in [-0.2, 0) is 4.79 Å². The summed E-state index contributed by atoms with van der Waals surface area (Å²) in [5.41, 5.74) is 1.05. The molecule has 0 aliphatic carbocycles. The summed E-state index contributed by atoms with van der Waals surface area (Å²) in [6, 6.07) is 7.86. The third-order valence-corrected chi connectivity index (χ3v) is 4.73. The van der Waals surface area contributed by atoms with E-state index in [2.05, 4.69) is 34.0 Å². The topological polar surface area (TPSA) is 76.6 Å². The summed E-state index contributed by atoms with van der Waals surface area (Å²) in [4.78, 5) is 22.2. The molecule has 2 atom stereocenters. The van der Waals surface area contributed by atoms with Crippen LogP contribution in [0.2, 0.25) is 0 Å². The minimum atomic E-state index is -0.0365. The van der Waals surface area contributed by atoms with E-state index in [-0.39, 0.29) is 18.1 Å². The van der Waals surface area contributed by atoms with E-state index in [0.717, 1.165) is 30.8 Å². The lowest BCUT2D eigenvalue weighted by Crippen LogP contribution is -2.26. The zero-order valence-corrected chi connectivity index (χ0v) is 17.6. The predicted molar refractivity (Wildman–Crippen MR) is 112 cm³/mol. The van der Waals surface area contributed by atoms with Crippen LogP contribution in [0.15, 0.2) is 36.7 Å². The van der Waals surface area contributed by atoms with Gasteiger partial charge in [-0.05, 0) is 30.5 Å². The van der Waals surface area contributed by atoms with E-state index in [1.54, 1.807) is 12.4 Å². The molecule has 0 bridgehead atoms. The van der Waals surface area contributed by atoms with Crippen LogP contribution in [0.3, 0.4) is 0 Å². The Bertz CT molecular complexity index is 793. The molecule has 1 aromatic carbocycles. The van der Waals surface area contributed by atoms with Gasteiger partial charge in [0.05, 0.1) is 31.6 Å². The summed E-state index contributed by atoms with van der Waals surface area (Å²) in [6.45, 7) is 9.96. The standard InChI is InChI=1S/C22H30N4O3/c1-15(2)14-28-21-11-23-22(24-12-21)26-10-9-20(13-26)29-19-7-5-18(6-8-19)16(3)25-17(4)27/h5-8,11-12,15-16,20H,9-10,13-14H2,1-4H3,(H,25,27)/t16-,20+/m0/s1. The number of aromatic nitrogens is 2. The summed E-state index contributed by atoms with van der Waals surface area (Å²) in [6.07, 6.45) is 4.47. The molecule has 1 aliphatic rings. The largest absolute Gasteiger partial charge is 0.490 e. The van der Waals surface area contributed by atoms with Crippen LogP contribution in [-0.4, -0.2) is 41.7 Å². The SMILES string of the molecule is CC(=O)N[C@@H](C)c1ccc(O[C@@H]2CCN(c3ncc(OCC(C)C)cn3)C2)cc1. The maximum atomic E-state index is 11.2. The number of amides is 1. The number of hydrogen-bond acceptors (Lipinski definition) is 6. The Morgan fingerprint density at radius 2 is 1.86 bits per heavy atom. The van der Waals surface area contributed by atoms with E-state index >= 15 is 0 Å². The zero-order chi connectivity index (χ0) is 20.8. The van der Waals surface area contributed by atoms with E-state index in [0.29, 0.717) is 24.2 Å². The summed E-state index contributed by atoms with van der Waals surface area (Å²) >= 11 is 0. The smallest absolute Gasteiger partial charge is 0.225 e. The van der Waals surface area contributed by atoms with Crippen LogP contribution >= 0.6 is 0 Å². The van der Waals surface area contributed by atoms with Crippen molar-refractivity contribution in [2.75, 3.05) is 24.6 Å². The van der Waals surface area contributed by atoms with Crippen molar-refractivity contribution in [1.29, 1.82) is 0 Å². The minimum Gasteiger partial charge on any atom is -0.490 e. The molecule has 156 valence electrons. The number of carbonyl (C=O) groups is 1. The average Bonchev–Trinajstić information content (AvgIpc) is 3.15. The van der Waals surface area contributed by atoms with Gasteiger partial charge in [0.2, 0.25) is 11.9 Å². The summed E-state index contributed by atoms with van der Waals surface area (Å²) < 4.78 is 11.8. The Kier molecular flexibility index (Phi) is 6.90. The highest BCUT2D eigenvalue weighted by atomic mass is 16.5. The summed E-state index contributed by atoms with van der Waals surface area (Å²) in [7, 11) is 0. The van der Waals surface area contributed by atoms with Crippen molar-refractivity contribution in [3.63, 3.8) is 0 Å². The van der Waals surface area contributed by atoms with E-state index in [4.69, 9.17) is 9.47 Å². The van der Waals surface area contributed by atoms with Gasteiger partial charge in [-0.25, -0.2) is 9.97 Å². The first-order valence-electron chi connectivity index (χ1n) is 10.1. The lowest BCUT2D eigenvalue weighted by Gasteiger charge is -2.18. The highest BCUT2D eigenvalue weighted by molar-refractivity contribution is 5.73. The van der Waals surface area contributed by atoms with Crippen LogP contribution < -0.4 is 19.7 Å². The maximum Gasteiger partial charge on any atom is 0.225 e. The normalized spacial score (nSPS) is 17.3. The van der Waals surface area contributed by atoms with Gasteiger partial charge in [-0.1, -0.05) is 26.0 Å². The van der Waals surface area contributed by atoms with Crippen molar-refractivity contribution in [3.05, 3.63) is 42.2 Å². The van der Waals surface area contributed by atoms with Crippen molar-refractivity contribution >= 4 is 11.9 Å². The highest BCUT2D eigenvalue weighted by Gasteiger charge is 2.26. The number of hydrogen-bond donors (Lipinski definition) is 1. The van der Waals surface area contributed by atoms with Crippen molar-refractivity contribution < 1.29 is 14.3 Å². The second-order valence-electron chi connectivity index (χ2n) is 7.89. The van der Waals surface area contributed by atoms with Gasteiger partial charge in [0.1, 0.15) is 11.9 Å². The molecule has 0 unspecified atom stereocenters. The molecule has 7 heteroatoms. The molecule has 1 aliphatic heterocycles. The number of nitrogens with one attached hydrogen (secondary N) is 1. The van der Waals surface area contributed by atoms with Crippen molar-refractivity contribution in [1.82, 2.24) is 15.3 Å². The third-order valence-electron chi connectivity index (χ3n) is 4.73. The molecule has 1 amide bonds. The van der Waals surface area contributed by atoms with Crippen molar-refractivity contribution in [3.8, 4) is 11.5 Å². The zero-order valence-electron chi connectivity index (χ0n) is 17.6. The Morgan fingerprint density at radius 1 is 1.17 bits per heavy atom. The van der Waals surface area contributed by atoms with E-state index < -0.39 is 0 Å². The van der Waals surface area contributed by atoms with E-state index in [1.165, 1.54) is 6.92 Å². The highest BCUT2D eigenvalue weighted by Crippen LogP contribution is 2.23. The molecule has 7 nitrogen and oxygen atoms in total. The first kappa shape index (κ1) is 20.9. The van der Waals surface area contributed by atoms with E-state index in [1.807, 2.05) is 31.2 Å². The number of ether oxygens (including phenoxy) is 2. The molecule has 0 saturated carbocycles. The third kappa shape index (κ3) is 6.07. The van der Waals surface area contributed by atoms with Crippen LogP contribution in [0.4, 0.5) is 5.95 Å². The molecular weight excluding hydrogens is 368 g/mol. The average molecular weight is 399 g/mol. The Balaban J connectivity index is 1.51. The number of anilines is 1. The lowest BCUT2D eigenvalue weighted by molar-refractivity contribution is -0.119. The fraction of sp³-hybridized carbons (Fsp3) is 0.500. The molecule has 1 fully saturated rings. The van der Waals surface area contributed by atoms with Gasteiger partial charge < -0.3 is 19.7 Å². The maximum absolute atomic E-state index is 11.2. The van der Waals surface area contributed by atoms with Crippen LogP contribution in [0.25, 0.3) is 0 Å². The van der Waals surface area contributed by atoms with Crippen molar-refractivity contribution in [2.24, 2.45) is 5.92 Å². The van der Waals surface area contributed by atoms with Gasteiger partial charge in [-0.2, -0.15) is 0 Å². The van der Waals surface area contributed by atoms with Crippen molar-refractivity contribution in [2.45, 2.75) is 46.3 Å². The first-order valence-corrected chi connectivity index (χ1v) is 10.1. The number of benzene rings is 1. The fourth-order valence-electron chi connectivity index (χ4n) is 3.23. The van der Waals surface area contributed by atoms with Gasteiger partial charge >= 0.3 is 0 Å². The number of carbonyl (C=O) groups excluding carboxylic acids is 1. The van der Waals surface area contributed by atoms with Crippen LogP contribution in [0.5, 0.6) is 11.5 Å². The quantitative estimate of drug-likeness (QED) is 0.735. The van der Waals surface area contributed by atoms with Crippen LogP contribution in [0, 0.1) is 5.92 Å². The molecule has 0 spiro atoms. The monoisotopic (exact) mass is 398 g/mol. The number of rotatable bonds is 8. The van der Waals surface area contributed by atoms with Crippen LogP contribution in [0.1, 0.15) is 45.7 Å². The molecule has 0 radical (unpaired) electrons. The summed E-state index contributed by atoms with van der Waals surface area (Å²) in [5.74, 6) is 2.66. The molecule has 1 N–H and O–H groups in total. The molecule has 2 aromatic rings.